The molecule has 38 heavy (non-hydrogen) atoms. The number of hydrogen-bond donors (Lipinski definition) is 0. The molecule has 0 unspecified atom stereocenters. The number of rotatable bonds is 5. The normalized spacial score (nSPS) is 11.2. The fraction of sp³-hybridized carbons (Fsp3) is 0. The maximum Gasteiger partial charge on any atom is 0.144 e. The van der Waals surface area contributed by atoms with Gasteiger partial charge >= 0.3 is 0 Å². The van der Waals surface area contributed by atoms with Gasteiger partial charge in [0.15, 0.2) is 0 Å². The van der Waals surface area contributed by atoms with Gasteiger partial charge in [-0.15, -0.1) is 11.3 Å². The summed E-state index contributed by atoms with van der Waals surface area (Å²) < 4.78 is 6.99. The van der Waals surface area contributed by atoms with Gasteiger partial charge in [0.25, 0.3) is 0 Å². The molecule has 0 atom stereocenters. The van der Waals surface area contributed by atoms with E-state index in [9.17, 15) is 0 Å². The molecular weight excluding hydrogens is 480 g/mol. The molecule has 7 rings (SSSR count). The molecule has 0 aliphatic heterocycles. The van der Waals surface area contributed by atoms with Crippen molar-refractivity contribution in [2.75, 3.05) is 0 Å². The first kappa shape index (κ1) is 22.5. The van der Waals surface area contributed by atoms with E-state index in [-0.39, 0.29) is 0 Å². The molecule has 0 N–H and O–H groups in total. The van der Waals surface area contributed by atoms with Crippen molar-refractivity contribution in [2.45, 2.75) is 0 Å². The summed E-state index contributed by atoms with van der Waals surface area (Å²) in [5.41, 5.74) is 8.16. The minimum Gasteiger partial charge on any atom is -0.455 e. The van der Waals surface area contributed by atoms with Crippen LogP contribution in [0.2, 0.25) is 0 Å². The maximum absolute atomic E-state index is 6.99. The fourth-order valence-corrected chi connectivity index (χ4v) is 6.33. The van der Waals surface area contributed by atoms with Crippen LogP contribution in [0.5, 0.6) is 0 Å². The smallest absolute Gasteiger partial charge is 0.144 e. The molecule has 7 aromatic rings. The minimum atomic E-state index is 0.902. The van der Waals surface area contributed by atoms with Crippen molar-refractivity contribution < 1.29 is 4.42 Å². The van der Waals surface area contributed by atoms with Gasteiger partial charge in [0, 0.05) is 32.3 Å². The summed E-state index contributed by atoms with van der Waals surface area (Å²) in [5, 5.41) is 4.51. The second-order valence-electron chi connectivity index (χ2n) is 9.30. The zero-order valence-electron chi connectivity index (χ0n) is 20.7. The van der Waals surface area contributed by atoms with Crippen LogP contribution in [0.3, 0.4) is 0 Å². The van der Waals surface area contributed by atoms with E-state index in [0.717, 1.165) is 39.0 Å². The first-order valence-corrected chi connectivity index (χ1v) is 13.7. The first-order valence-electron chi connectivity index (χ1n) is 12.8. The highest BCUT2D eigenvalue weighted by atomic mass is 32.1. The molecule has 0 amide bonds. The van der Waals surface area contributed by atoms with Crippen molar-refractivity contribution in [1.82, 2.24) is 0 Å². The lowest BCUT2D eigenvalue weighted by Gasteiger charge is -2.09. The predicted octanol–water partition coefficient (Wildman–Crippen LogP) is 10.8. The second-order valence-corrected chi connectivity index (χ2v) is 10.2. The summed E-state index contributed by atoms with van der Waals surface area (Å²) in [4.78, 5) is 1.21. The molecule has 180 valence electrons. The Morgan fingerprint density at radius 2 is 0.868 bits per heavy atom. The van der Waals surface area contributed by atoms with E-state index in [2.05, 4.69) is 145 Å². The molecule has 0 fully saturated rings. The van der Waals surface area contributed by atoms with E-state index in [1.54, 1.807) is 11.3 Å². The molecule has 0 spiro atoms. The third kappa shape index (κ3) is 3.87. The Kier molecular flexibility index (Phi) is 5.73. The monoisotopic (exact) mass is 504 g/mol. The third-order valence-electron chi connectivity index (χ3n) is 7.02. The lowest BCUT2D eigenvalue weighted by atomic mass is 9.95. The second kappa shape index (κ2) is 9.66. The number of furan rings is 1. The highest BCUT2D eigenvalue weighted by Gasteiger charge is 2.24. The average molecular weight is 505 g/mol. The number of thiophene rings is 1. The zero-order valence-corrected chi connectivity index (χ0v) is 21.5. The summed E-state index contributed by atoms with van der Waals surface area (Å²) in [5.74, 6) is 1.82. The Morgan fingerprint density at radius 1 is 0.395 bits per heavy atom. The van der Waals surface area contributed by atoms with Crippen LogP contribution in [0.25, 0.3) is 66.1 Å². The summed E-state index contributed by atoms with van der Waals surface area (Å²) in [6.45, 7) is 0. The molecule has 0 bridgehead atoms. The zero-order chi connectivity index (χ0) is 25.3. The van der Waals surface area contributed by atoms with Gasteiger partial charge in [-0.05, 0) is 27.6 Å². The molecule has 1 nitrogen and oxygen atoms in total. The molecular formula is C36H24OS. The predicted molar refractivity (Wildman–Crippen MR) is 161 cm³/mol. The van der Waals surface area contributed by atoms with Gasteiger partial charge in [-0.25, -0.2) is 0 Å². The topological polar surface area (TPSA) is 13.1 Å². The molecule has 0 saturated carbocycles. The largest absolute Gasteiger partial charge is 0.455 e. The van der Waals surface area contributed by atoms with Crippen LogP contribution in [0.15, 0.2) is 149 Å². The lowest BCUT2D eigenvalue weighted by Crippen LogP contribution is -1.84. The highest BCUT2D eigenvalue weighted by Crippen LogP contribution is 2.50. The molecule has 0 saturated heterocycles. The number of hydrogen-bond acceptors (Lipinski definition) is 2. The van der Waals surface area contributed by atoms with Gasteiger partial charge in [0.05, 0.1) is 0 Å². The van der Waals surface area contributed by atoms with Crippen LogP contribution in [0.4, 0.5) is 0 Å². The van der Waals surface area contributed by atoms with E-state index in [0.29, 0.717) is 0 Å². The van der Waals surface area contributed by atoms with Gasteiger partial charge in [-0.1, -0.05) is 140 Å². The SMILES string of the molecule is c1ccc(-c2ccccc2-c2oc(-c3c(-c4ccccc4)csc3-c3ccccc3)c3ccccc23)cc1. The molecule has 5 aromatic carbocycles. The van der Waals surface area contributed by atoms with Crippen LogP contribution in [-0.2, 0) is 0 Å². The summed E-state index contributed by atoms with van der Waals surface area (Å²) in [6.07, 6.45) is 0. The summed E-state index contributed by atoms with van der Waals surface area (Å²) in [6, 6.07) is 48.9. The van der Waals surface area contributed by atoms with Crippen LogP contribution in [0.1, 0.15) is 0 Å². The van der Waals surface area contributed by atoms with E-state index in [1.165, 1.54) is 27.1 Å². The van der Waals surface area contributed by atoms with Crippen molar-refractivity contribution in [3.63, 3.8) is 0 Å². The van der Waals surface area contributed by atoms with Crippen LogP contribution < -0.4 is 0 Å². The van der Waals surface area contributed by atoms with Crippen molar-refractivity contribution >= 4 is 22.1 Å². The lowest BCUT2D eigenvalue weighted by molar-refractivity contribution is 0.603. The van der Waals surface area contributed by atoms with Crippen molar-refractivity contribution in [3.8, 4) is 55.3 Å². The Labute approximate surface area is 226 Å². The third-order valence-corrected chi connectivity index (χ3v) is 8.04. The van der Waals surface area contributed by atoms with Crippen LogP contribution in [-0.4, -0.2) is 0 Å². The van der Waals surface area contributed by atoms with Crippen molar-refractivity contribution in [3.05, 3.63) is 145 Å². The van der Waals surface area contributed by atoms with Crippen LogP contribution >= 0.6 is 11.3 Å². The van der Waals surface area contributed by atoms with Gasteiger partial charge in [0.1, 0.15) is 11.5 Å². The van der Waals surface area contributed by atoms with Crippen LogP contribution in [0, 0.1) is 0 Å². The Hall–Kier alpha value is -4.66. The first-order chi connectivity index (χ1) is 18.9. The van der Waals surface area contributed by atoms with Gasteiger partial charge in [-0.3, -0.25) is 0 Å². The minimum absolute atomic E-state index is 0.902. The Balaban J connectivity index is 1.53. The fourth-order valence-electron chi connectivity index (χ4n) is 5.24. The van der Waals surface area contributed by atoms with E-state index < -0.39 is 0 Å². The quantitative estimate of drug-likeness (QED) is 0.227. The van der Waals surface area contributed by atoms with E-state index in [4.69, 9.17) is 4.42 Å². The standard InChI is InChI=1S/C36H24OS/c1-4-14-25(15-5-1)28-20-10-11-21-29(28)34-30-22-12-13-23-31(30)35(37-34)33-32(26-16-6-2-7-17-26)24-38-36(33)27-18-8-3-9-19-27/h1-24H. The van der Waals surface area contributed by atoms with E-state index in [1.807, 2.05) is 0 Å². The van der Waals surface area contributed by atoms with Gasteiger partial charge in [-0.2, -0.15) is 0 Å². The maximum atomic E-state index is 6.99. The van der Waals surface area contributed by atoms with Gasteiger partial charge < -0.3 is 4.42 Å². The van der Waals surface area contributed by atoms with E-state index >= 15 is 0 Å². The molecule has 0 aliphatic carbocycles. The molecule has 0 aliphatic rings. The molecule has 0 radical (unpaired) electrons. The highest BCUT2D eigenvalue weighted by molar-refractivity contribution is 7.14. The summed E-state index contributed by atoms with van der Waals surface area (Å²) >= 11 is 1.77. The Morgan fingerprint density at radius 3 is 1.50 bits per heavy atom. The number of fused-ring (bicyclic) bond motifs is 1. The Bertz CT molecular complexity index is 1790. The number of benzene rings is 5. The molecule has 2 aromatic heterocycles. The average Bonchev–Trinajstić information content (AvgIpc) is 3.61. The van der Waals surface area contributed by atoms with Gasteiger partial charge in [0.2, 0.25) is 0 Å². The van der Waals surface area contributed by atoms with Crippen molar-refractivity contribution in [2.24, 2.45) is 0 Å². The molecule has 2 heterocycles. The molecule has 2 heteroatoms. The van der Waals surface area contributed by atoms with Crippen molar-refractivity contribution in [1.29, 1.82) is 0 Å². The summed E-state index contributed by atoms with van der Waals surface area (Å²) in [7, 11) is 0.